The van der Waals surface area contributed by atoms with Gasteiger partial charge in [-0.15, -0.1) is 0 Å². The van der Waals surface area contributed by atoms with Crippen LogP contribution in [0.15, 0.2) is 24.3 Å². The van der Waals surface area contributed by atoms with Crippen molar-refractivity contribution in [1.29, 1.82) is 0 Å². The van der Waals surface area contributed by atoms with Gasteiger partial charge in [-0.2, -0.15) is 0 Å². The second-order valence-electron chi connectivity index (χ2n) is 8.39. The normalized spacial score (nSPS) is 13.2. The van der Waals surface area contributed by atoms with E-state index >= 15 is 0 Å². The summed E-state index contributed by atoms with van der Waals surface area (Å²) in [5.74, 6) is 0.951. The topological polar surface area (TPSA) is 12.5 Å². The Labute approximate surface area is 127 Å². The Hall–Kier alpha value is -0.746. The lowest BCUT2D eigenvalue weighted by Crippen LogP contribution is -2.59. The molecule has 0 unspecified atom stereocenters. The molecule has 0 N–H and O–H groups in total. The van der Waals surface area contributed by atoms with E-state index in [0.29, 0.717) is 0 Å². The predicted molar refractivity (Wildman–Crippen MR) is 96.0 cm³/mol. The standard InChI is InChI=1S/C16H31NOSi2/c1-16(2,3)18-15-12-10-14(11-13-15)17(19(4,5)6)20(7,8)9/h10-13H,1-9H3. The Kier molecular flexibility index (Phi) is 4.81. The number of anilines is 1. The molecule has 0 saturated heterocycles. The summed E-state index contributed by atoms with van der Waals surface area (Å²) in [4.78, 5) is 0. The third-order valence-corrected chi connectivity index (χ3v) is 10.1. The molecule has 0 aliphatic rings. The summed E-state index contributed by atoms with van der Waals surface area (Å²) in [7, 11) is -2.75. The highest BCUT2D eigenvalue weighted by Crippen LogP contribution is 2.30. The molecule has 4 heteroatoms. The third kappa shape index (κ3) is 4.98. The van der Waals surface area contributed by atoms with Gasteiger partial charge in [-0.1, -0.05) is 39.3 Å². The zero-order chi connectivity index (χ0) is 15.8. The second-order valence-corrected chi connectivity index (χ2v) is 18.4. The number of benzene rings is 1. The Morgan fingerprint density at radius 3 is 1.50 bits per heavy atom. The van der Waals surface area contributed by atoms with Gasteiger partial charge >= 0.3 is 0 Å². The summed E-state index contributed by atoms with van der Waals surface area (Å²) in [6, 6.07) is 8.65. The van der Waals surface area contributed by atoms with E-state index in [-0.39, 0.29) is 5.60 Å². The van der Waals surface area contributed by atoms with Gasteiger partial charge in [0.1, 0.15) is 27.8 Å². The average Bonchev–Trinajstić information content (AvgIpc) is 2.14. The fraction of sp³-hybridized carbons (Fsp3) is 0.625. The van der Waals surface area contributed by atoms with Crippen LogP contribution in [0.25, 0.3) is 0 Å². The van der Waals surface area contributed by atoms with Gasteiger partial charge in [0.05, 0.1) is 0 Å². The van der Waals surface area contributed by atoms with Crippen LogP contribution in [0.2, 0.25) is 39.3 Å². The van der Waals surface area contributed by atoms with Crippen molar-refractivity contribution in [3.8, 4) is 5.75 Å². The van der Waals surface area contributed by atoms with E-state index in [1.807, 2.05) is 0 Å². The molecule has 0 aliphatic heterocycles. The van der Waals surface area contributed by atoms with E-state index < -0.39 is 16.5 Å². The van der Waals surface area contributed by atoms with Gasteiger partial charge in [-0.25, -0.2) is 0 Å². The molecular weight excluding hydrogens is 278 g/mol. The third-order valence-electron chi connectivity index (χ3n) is 2.86. The van der Waals surface area contributed by atoms with Crippen LogP contribution in [0.5, 0.6) is 5.75 Å². The van der Waals surface area contributed by atoms with E-state index in [0.717, 1.165) is 5.75 Å². The van der Waals surface area contributed by atoms with Crippen molar-refractivity contribution in [3.63, 3.8) is 0 Å². The first kappa shape index (κ1) is 17.3. The van der Waals surface area contributed by atoms with Crippen LogP contribution < -0.4 is 8.97 Å². The molecule has 1 aromatic rings. The van der Waals surface area contributed by atoms with Crippen molar-refractivity contribution in [2.45, 2.75) is 65.7 Å². The first-order valence-corrected chi connectivity index (χ1v) is 14.3. The van der Waals surface area contributed by atoms with E-state index in [2.05, 4.69) is 88.5 Å². The van der Waals surface area contributed by atoms with Gasteiger partial charge in [0, 0.05) is 5.69 Å². The van der Waals surface area contributed by atoms with Crippen LogP contribution in [-0.2, 0) is 0 Å². The zero-order valence-corrected chi connectivity index (χ0v) is 16.7. The summed E-state index contributed by atoms with van der Waals surface area (Å²) < 4.78 is 8.63. The lowest BCUT2D eigenvalue weighted by molar-refractivity contribution is 0.131. The van der Waals surface area contributed by atoms with E-state index in [4.69, 9.17) is 4.74 Å². The quantitative estimate of drug-likeness (QED) is 0.696. The van der Waals surface area contributed by atoms with Crippen LogP contribution in [0.3, 0.4) is 0 Å². The average molecular weight is 310 g/mol. The Morgan fingerprint density at radius 1 is 0.800 bits per heavy atom. The van der Waals surface area contributed by atoms with Gasteiger partial charge in [0.25, 0.3) is 0 Å². The molecule has 114 valence electrons. The van der Waals surface area contributed by atoms with Crippen molar-refractivity contribution in [2.75, 3.05) is 4.23 Å². The molecule has 0 radical (unpaired) electrons. The maximum Gasteiger partial charge on any atom is 0.138 e. The minimum atomic E-state index is -1.37. The molecule has 0 aromatic heterocycles. The number of ether oxygens (including phenoxy) is 1. The molecule has 0 amide bonds. The van der Waals surface area contributed by atoms with E-state index in [9.17, 15) is 0 Å². The molecule has 0 heterocycles. The Morgan fingerprint density at radius 2 is 1.20 bits per heavy atom. The molecule has 1 aromatic carbocycles. The molecule has 2 nitrogen and oxygen atoms in total. The van der Waals surface area contributed by atoms with Crippen molar-refractivity contribution in [1.82, 2.24) is 0 Å². The lowest BCUT2D eigenvalue weighted by atomic mass is 10.2. The monoisotopic (exact) mass is 309 g/mol. The highest BCUT2D eigenvalue weighted by molar-refractivity contribution is 6.99. The fourth-order valence-corrected chi connectivity index (χ4v) is 12.7. The van der Waals surface area contributed by atoms with Crippen molar-refractivity contribution in [3.05, 3.63) is 24.3 Å². The molecule has 0 spiro atoms. The summed E-state index contributed by atoms with van der Waals surface area (Å²) in [5.41, 5.74) is 1.21. The first-order valence-electron chi connectivity index (χ1n) is 7.40. The van der Waals surface area contributed by atoms with Gasteiger partial charge < -0.3 is 8.97 Å². The predicted octanol–water partition coefficient (Wildman–Crippen LogP) is 5.34. The lowest BCUT2D eigenvalue weighted by Gasteiger charge is -2.46. The van der Waals surface area contributed by atoms with E-state index in [1.54, 1.807) is 0 Å². The van der Waals surface area contributed by atoms with Crippen molar-refractivity contribution >= 4 is 22.2 Å². The SMILES string of the molecule is CC(C)(C)Oc1ccc(N([Si](C)(C)C)[Si](C)(C)C)cc1. The smallest absolute Gasteiger partial charge is 0.138 e. The van der Waals surface area contributed by atoms with Crippen LogP contribution in [-0.4, -0.2) is 22.1 Å². The fourth-order valence-electron chi connectivity index (χ4n) is 2.80. The van der Waals surface area contributed by atoms with Crippen molar-refractivity contribution in [2.24, 2.45) is 0 Å². The van der Waals surface area contributed by atoms with Crippen LogP contribution >= 0.6 is 0 Å². The number of hydrogen-bond acceptors (Lipinski definition) is 2. The van der Waals surface area contributed by atoms with Gasteiger partial charge in [0.15, 0.2) is 0 Å². The maximum absolute atomic E-state index is 5.91. The highest BCUT2D eigenvalue weighted by atomic mass is 28.4. The first-order chi connectivity index (χ1) is 8.81. The molecular formula is C16H31NOSi2. The summed E-state index contributed by atoms with van der Waals surface area (Å²) in [5, 5.41) is 0. The van der Waals surface area contributed by atoms with Gasteiger partial charge in [-0.05, 0) is 45.0 Å². The van der Waals surface area contributed by atoms with Gasteiger partial charge in [0.2, 0.25) is 0 Å². The second kappa shape index (κ2) is 5.56. The Bertz CT molecular complexity index is 422. The molecule has 0 saturated carbocycles. The number of rotatable bonds is 4. The highest BCUT2D eigenvalue weighted by Gasteiger charge is 2.34. The minimum Gasteiger partial charge on any atom is -0.488 e. The molecule has 20 heavy (non-hydrogen) atoms. The van der Waals surface area contributed by atoms with Crippen molar-refractivity contribution < 1.29 is 4.74 Å². The van der Waals surface area contributed by atoms with Crippen LogP contribution in [0.4, 0.5) is 5.69 Å². The summed E-state index contributed by atoms with van der Waals surface area (Å²) >= 11 is 0. The molecule has 0 bridgehead atoms. The van der Waals surface area contributed by atoms with Crippen LogP contribution in [0.1, 0.15) is 20.8 Å². The van der Waals surface area contributed by atoms with E-state index in [1.165, 1.54) is 5.69 Å². The van der Waals surface area contributed by atoms with Crippen LogP contribution in [0, 0.1) is 0 Å². The maximum atomic E-state index is 5.91. The number of nitrogens with zero attached hydrogens (tertiary/aromatic N) is 1. The largest absolute Gasteiger partial charge is 0.488 e. The Balaban J connectivity index is 3.07. The molecule has 0 atom stereocenters. The summed E-state index contributed by atoms with van der Waals surface area (Å²) in [6.45, 7) is 20.8. The van der Waals surface area contributed by atoms with Gasteiger partial charge in [-0.3, -0.25) is 0 Å². The number of hydrogen-bond donors (Lipinski definition) is 0. The molecule has 1 rings (SSSR count). The minimum absolute atomic E-state index is 0.140. The molecule has 0 fully saturated rings. The zero-order valence-electron chi connectivity index (χ0n) is 14.7. The molecule has 0 aliphatic carbocycles. The summed E-state index contributed by atoms with van der Waals surface area (Å²) in [6.07, 6.45) is 0.